The topological polar surface area (TPSA) is 29.5 Å². The molecule has 1 atom stereocenters. The number of benzene rings is 3. The van der Waals surface area contributed by atoms with E-state index in [4.69, 9.17) is 4.74 Å². The van der Waals surface area contributed by atoms with Crippen molar-refractivity contribution >= 4 is 5.91 Å². The highest BCUT2D eigenvalue weighted by molar-refractivity contribution is 5.81. The van der Waals surface area contributed by atoms with E-state index in [0.29, 0.717) is 13.1 Å². The van der Waals surface area contributed by atoms with Crippen LogP contribution in [0, 0.1) is 13.8 Å². The Morgan fingerprint density at radius 3 is 1.89 bits per heavy atom. The Bertz CT molecular complexity index is 865. The molecule has 0 aliphatic heterocycles. The average Bonchev–Trinajstić information content (AvgIpc) is 2.72. The maximum Gasteiger partial charge on any atom is 0.263 e. The van der Waals surface area contributed by atoms with Crippen LogP contribution >= 0.6 is 0 Å². The van der Waals surface area contributed by atoms with E-state index in [1.807, 2.05) is 105 Å². The normalized spacial score (nSPS) is 11.7. The molecule has 0 unspecified atom stereocenters. The Hall–Kier alpha value is -3.07. The van der Waals surface area contributed by atoms with Crippen molar-refractivity contribution in [3.63, 3.8) is 0 Å². The van der Waals surface area contributed by atoms with E-state index in [1.54, 1.807) is 0 Å². The minimum absolute atomic E-state index is 0.0198. The van der Waals surface area contributed by atoms with Crippen molar-refractivity contribution in [2.24, 2.45) is 0 Å². The van der Waals surface area contributed by atoms with Gasteiger partial charge < -0.3 is 9.64 Å². The molecule has 3 aromatic carbocycles. The number of amides is 1. The van der Waals surface area contributed by atoms with Crippen LogP contribution in [0.15, 0.2) is 78.9 Å². The molecule has 0 bridgehead atoms. The third kappa shape index (κ3) is 5.01. The Labute approximate surface area is 167 Å². The summed E-state index contributed by atoms with van der Waals surface area (Å²) in [4.78, 5) is 15.1. The van der Waals surface area contributed by atoms with Gasteiger partial charge in [-0.2, -0.15) is 0 Å². The first-order valence-electron chi connectivity index (χ1n) is 9.64. The monoisotopic (exact) mass is 373 g/mol. The second-order valence-electron chi connectivity index (χ2n) is 7.12. The molecule has 0 fully saturated rings. The average molecular weight is 373 g/mol. The summed E-state index contributed by atoms with van der Waals surface area (Å²) in [6.07, 6.45) is -0.562. The molecule has 0 N–H and O–H groups in total. The van der Waals surface area contributed by atoms with E-state index < -0.39 is 6.10 Å². The molecule has 0 spiro atoms. The number of hydrogen-bond donors (Lipinski definition) is 0. The Kier molecular flexibility index (Phi) is 6.49. The van der Waals surface area contributed by atoms with Gasteiger partial charge in [-0.1, -0.05) is 72.8 Å². The molecule has 28 heavy (non-hydrogen) atoms. The van der Waals surface area contributed by atoms with Crippen LogP contribution in [0.5, 0.6) is 5.75 Å². The summed E-state index contributed by atoms with van der Waals surface area (Å²) < 4.78 is 6.05. The number of aryl methyl sites for hydroxylation is 1. The zero-order valence-corrected chi connectivity index (χ0v) is 16.8. The van der Waals surface area contributed by atoms with Gasteiger partial charge in [0.1, 0.15) is 5.75 Å². The summed E-state index contributed by atoms with van der Waals surface area (Å²) >= 11 is 0. The van der Waals surface area contributed by atoms with Crippen molar-refractivity contribution in [3.05, 3.63) is 101 Å². The van der Waals surface area contributed by atoms with Gasteiger partial charge in [0.15, 0.2) is 6.10 Å². The standard InChI is InChI=1S/C25H27NO2/c1-19-11-10-16-24(20(19)2)28-21(3)25(27)26(17-22-12-6-4-7-13-22)18-23-14-8-5-9-15-23/h4-16,21H,17-18H2,1-3H3/t21-/m0/s1. The molecule has 3 nitrogen and oxygen atoms in total. The molecule has 0 radical (unpaired) electrons. The molecule has 144 valence electrons. The van der Waals surface area contributed by atoms with Crippen LogP contribution in [0.25, 0.3) is 0 Å². The lowest BCUT2D eigenvalue weighted by molar-refractivity contribution is -0.139. The fourth-order valence-corrected chi connectivity index (χ4v) is 3.17. The summed E-state index contributed by atoms with van der Waals surface area (Å²) in [5.41, 5.74) is 4.43. The molecule has 0 aromatic heterocycles. The summed E-state index contributed by atoms with van der Waals surface area (Å²) in [5, 5.41) is 0. The van der Waals surface area contributed by atoms with Gasteiger partial charge in [0.2, 0.25) is 0 Å². The van der Waals surface area contributed by atoms with E-state index in [9.17, 15) is 4.79 Å². The molecule has 0 heterocycles. The van der Waals surface area contributed by atoms with Gasteiger partial charge in [0, 0.05) is 13.1 Å². The van der Waals surface area contributed by atoms with Gasteiger partial charge in [0.05, 0.1) is 0 Å². The quantitative estimate of drug-likeness (QED) is 0.562. The highest BCUT2D eigenvalue weighted by Crippen LogP contribution is 2.23. The van der Waals surface area contributed by atoms with Crippen molar-refractivity contribution in [2.75, 3.05) is 0 Å². The maximum atomic E-state index is 13.3. The van der Waals surface area contributed by atoms with Gasteiger partial charge in [0.25, 0.3) is 5.91 Å². The third-order valence-electron chi connectivity index (χ3n) is 4.95. The number of rotatable bonds is 7. The van der Waals surface area contributed by atoms with Crippen LogP contribution in [-0.4, -0.2) is 16.9 Å². The van der Waals surface area contributed by atoms with Crippen molar-refractivity contribution in [3.8, 4) is 5.75 Å². The summed E-state index contributed by atoms with van der Waals surface area (Å²) in [7, 11) is 0. The van der Waals surface area contributed by atoms with Crippen molar-refractivity contribution in [1.29, 1.82) is 0 Å². The van der Waals surface area contributed by atoms with Gasteiger partial charge in [-0.15, -0.1) is 0 Å². The van der Waals surface area contributed by atoms with Crippen LogP contribution < -0.4 is 4.74 Å². The Morgan fingerprint density at radius 2 is 1.36 bits per heavy atom. The Balaban J connectivity index is 1.79. The first-order valence-corrected chi connectivity index (χ1v) is 9.64. The number of carbonyl (C=O) groups is 1. The van der Waals surface area contributed by atoms with Crippen LogP contribution in [0.3, 0.4) is 0 Å². The molecule has 0 aliphatic rings. The first kappa shape index (κ1) is 19.7. The predicted molar refractivity (Wildman–Crippen MR) is 113 cm³/mol. The van der Waals surface area contributed by atoms with E-state index in [-0.39, 0.29) is 5.91 Å². The first-order chi connectivity index (χ1) is 13.5. The smallest absolute Gasteiger partial charge is 0.263 e. The second-order valence-corrected chi connectivity index (χ2v) is 7.12. The van der Waals surface area contributed by atoms with Crippen LogP contribution in [0.2, 0.25) is 0 Å². The molecule has 1 amide bonds. The lowest BCUT2D eigenvalue weighted by atomic mass is 10.1. The summed E-state index contributed by atoms with van der Waals surface area (Å²) in [6, 6.07) is 26.1. The largest absolute Gasteiger partial charge is 0.481 e. The van der Waals surface area contributed by atoms with Crippen LogP contribution in [-0.2, 0) is 17.9 Å². The van der Waals surface area contributed by atoms with Crippen LogP contribution in [0.1, 0.15) is 29.2 Å². The van der Waals surface area contributed by atoms with Gasteiger partial charge in [-0.25, -0.2) is 0 Å². The molecule has 0 saturated carbocycles. The van der Waals surface area contributed by atoms with Gasteiger partial charge in [-0.3, -0.25) is 4.79 Å². The fraction of sp³-hybridized carbons (Fsp3) is 0.240. The second kappa shape index (κ2) is 9.23. The zero-order chi connectivity index (χ0) is 19.9. The van der Waals surface area contributed by atoms with E-state index in [0.717, 1.165) is 28.0 Å². The molecule has 3 heteroatoms. The van der Waals surface area contributed by atoms with E-state index in [2.05, 4.69) is 0 Å². The molecule has 0 aliphatic carbocycles. The highest BCUT2D eigenvalue weighted by Gasteiger charge is 2.23. The number of ether oxygens (including phenoxy) is 1. The number of hydrogen-bond acceptors (Lipinski definition) is 2. The summed E-state index contributed by atoms with van der Waals surface area (Å²) in [5.74, 6) is 0.744. The van der Waals surface area contributed by atoms with Crippen molar-refractivity contribution in [1.82, 2.24) is 4.90 Å². The minimum atomic E-state index is -0.562. The highest BCUT2D eigenvalue weighted by atomic mass is 16.5. The van der Waals surface area contributed by atoms with Crippen molar-refractivity contribution < 1.29 is 9.53 Å². The lowest BCUT2D eigenvalue weighted by Gasteiger charge is -2.27. The van der Waals surface area contributed by atoms with Crippen molar-refractivity contribution in [2.45, 2.75) is 40.0 Å². The third-order valence-corrected chi connectivity index (χ3v) is 4.95. The number of nitrogens with zero attached hydrogens (tertiary/aromatic N) is 1. The molecular weight excluding hydrogens is 346 g/mol. The lowest BCUT2D eigenvalue weighted by Crippen LogP contribution is -2.39. The van der Waals surface area contributed by atoms with E-state index >= 15 is 0 Å². The molecule has 3 rings (SSSR count). The maximum absolute atomic E-state index is 13.3. The Morgan fingerprint density at radius 1 is 0.821 bits per heavy atom. The number of carbonyl (C=O) groups excluding carboxylic acids is 1. The minimum Gasteiger partial charge on any atom is -0.481 e. The molecule has 0 saturated heterocycles. The summed E-state index contributed by atoms with van der Waals surface area (Å²) in [6.45, 7) is 7.00. The fourth-order valence-electron chi connectivity index (χ4n) is 3.17. The van der Waals surface area contributed by atoms with Gasteiger partial charge in [-0.05, 0) is 49.1 Å². The predicted octanol–water partition coefficient (Wildman–Crippen LogP) is 5.30. The molecule has 3 aromatic rings. The van der Waals surface area contributed by atoms with E-state index in [1.165, 1.54) is 0 Å². The zero-order valence-electron chi connectivity index (χ0n) is 16.8. The van der Waals surface area contributed by atoms with Gasteiger partial charge >= 0.3 is 0 Å². The van der Waals surface area contributed by atoms with Crippen LogP contribution in [0.4, 0.5) is 0 Å². The molecular formula is C25H27NO2. The SMILES string of the molecule is Cc1cccc(O[C@@H](C)C(=O)N(Cc2ccccc2)Cc2ccccc2)c1C.